The Hall–Kier alpha value is -1.83. The maximum atomic E-state index is 13.7. The molecule has 0 rings (SSSR count). The van der Waals surface area contributed by atoms with Crippen LogP contribution in [0.5, 0.6) is 0 Å². The first-order valence-corrected chi connectivity index (χ1v) is 29.2. The highest BCUT2D eigenvalue weighted by molar-refractivity contribution is 5.70. The van der Waals surface area contributed by atoms with Crippen molar-refractivity contribution >= 4 is 18.0 Å². The predicted molar refractivity (Wildman–Crippen MR) is 282 cm³/mol. The van der Waals surface area contributed by atoms with Gasteiger partial charge in [-0.25, -0.2) is 4.79 Å². The number of rotatable bonds is 51. The van der Waals surface area contributed by atoms with Crippen molar-refractivity contribution in [2.75, 3.05) is 33.7 Å². The maximum absolute atomic E-state index is 13.7. The van der Waals surface area contributed by atoms with Crippen LogP contribution < -0.4 is 0 Å². The summed E-state index contributed by atoms with van der Waals surface area (Å²) in [4.78, 5) is 43.5. The van der Waals surface area contributed by atoms with Crippen LogP contribution in [0.15, 0.2) is 0 Å². The molecule has 0 radical (unpaired) electrons. The maximum Gasteiger partial charge on any atom is 0.410 e. The molecule has 0 saturated heterocycles. The Morgan fingerprint density at radius 1 is 0.318 bits per heavy atom. The van der Waals surface area contributed by atoms with Gasteiger partial charge in [0.05, 0.1) is 0 Å². The van der Waals surface area contributed by atoms with Gasteiger partial charge in [-0.05, 0) is 123 Å². The zero-order valence-electron chi connectivity index (χ0n) is 45.4. The number of nitrogens with zero attached hydrogens (tertiary/aromatic N) is 2. The van der Waals surface area contributed by atoms with E-state index in [0.717, 1.165) is 180 Å². The molecule has 0 N–H and O–H groups in total. The molecule has 0 bridgehead atoms. The van der Waals surface area contributed by atoms with Gasteiger partial charge in [-0.15, -0.1) is 0 Å². The molecule has 0 aliphatic carbocycles. The third kappa shape index (κ3) is 43.5. The summed E-state index contributed by atoms with van der Waals surface area (Å²) in [6, 6.07) is 0. The molecule has 0 aromatic rings. The first-order valence-electron chi connectivity index (χ1n) is 29.2. The number of carbonyl (C=O) groups excluding carboxylic acids is 3. The third-order valence-electron chi connectivity index (χ3n) is 13.5. The molecule has 66 heavy (non-hydrogen) atoms. The van der Waals surface area contributed by atoms with Crippen LogP contribution in [0.25, 0.3) is 0 Å². The van der Waals surface area contributed by atoms with E-state index in [-0.39, 0.29) is 36.3 Å². The predicted octanol–water partition coefficient (Wildman–Crippen LogP) is 17.7. The van der Waals surface area contributed by atoms with Crippen LogP contribution in [0.3, 0.4) is 0 Å². The smallest absolute Gasteiger partial charge is 0.410 e. The van der Waals surface area contributed by atoms with Crippen LogP contribution in [-0.2, 0) is 23.8 Å². The summed E-state index contributed by atoms with van der Waals surface area (Å²) in [5.41, 5.74) is 0. The van der Waals surface area contributed by atoms with E-state index in [1.165, 1.54) is 96.3 Å². The molecule has 0 atom stereocenters. The summed E-state index contributed by atoms with van der Waals surface area (Å²) in [6.45, 7) is 13.7. The van der Waals surface area contributed by atoms with Crippen molar-refractivity contribution in [3.8, 4) is 0 Å². The summed E-state index contributed by atoms with van der Waals surface area (Å²) in [5.74, 6) is -0.00490. The van der Waals surface area contributed by atoms with Gasteiger partial charge >= 0.3 is 18.0 Å². The van der Waals surface area contributed by atoms with Crippen LogP contribution in [-0.4, -0.2) is 79.9 Å². The molecule has 0 aliphatic heterocycles. The van der Waals surface area contributed by atoms with Crippen molar-refractivity contribution in [2.45, 2.75) is 323 Å². The average molecular weight is 936 g/mol. The van der Waals surface area contributed by atoms with Crippen LogP contribution in [0, 0.1) is 0 Å². The molecule has 0 aromatic carbocycles. The number of amides is 1. The highest BCUT2D eigenvalue weighted by Gasteiger charge is 2.21. The number of esters is 2. The second kappa shape index (κ2) is 49.6. The fourth-order valence-electron chi connectivity index (χ4n) is 9.16. The van der Waals surface area contributed by atoms with Gasteiger partial charge in [0.2, 0.25) is 0 Å². The quantitative estimate of drug-likeness (QED) is 0.0341. The summed E-state index contributed by atoms with van der Waals surface area (Å²) in [5, 5.41) is 0. The van der Waals surface area contributed by atoms with Crippen molar-refractivity contribution in [3.05, 3.63) is 0 Å². The molecule has 0 unspecified atom stereocenters. The molecule has 8 nitrogen and oxygen atoms in total. The van der Waals surface area contributed by atoms with Gasteiger partial charge in [0.1, 0.15) is 18.3 Å². The monoisotopic (exact) mass is 935 g/mol. The minimum absolute atomic E-state index is 0.00245. The standard InChI is InChI=1S/C58H114N2O6/c1-8-13-18-31-40-51-60(52-41-50-59(6)7)58(63)66-55(46-36-27-23-25-29-38-48-56(61)64-53(42-32-19-14-9-2)43-33-20-15-10-3)47-37-28-24-26-30-39-49-57(62)65-54(44-34-21-16-11-4)45-35-22-17-12-5/h53-55H,8-52H2,1-7H3. The first kappa shape index (κ1) is 64.2. The lowest BCUT2D eigenvalue weighted by Crippen LogP contribution is -2.37. The minimum atomic E-state index is -0.124. The second-order valence-electron chi connectivity index (χ2n) is 20.5. The number of hydrogen-bond acceptors (Lipinski definition) is 7. The zero-order chi connectivity index (χ0) is 48.6. The Balaban J connectivity index is 4.98. The van der Waals surface area contributed by atoms with Crippen LogP contribution in [0.2, 0.25) is 0 Å². The van der Waals surface area contributed by atoms with Crippen molar-refractivity contribution in [2.24, 2.45) is 0 Å². The molecule has 0 spiro atoms. The Labute approximate surface area is 411 Å². The fraction of sp³-hybridized carbons (Fsp3) is 0.948. The molecule has 0 aromatic heterocycles. The topological polar surface area (TPSA) is 85.4 Å². The van der Waals surface area contributed by atoms with Crippen molar-refractivity contribution in [1.82, 2.24) is 9.80 Å². The largest absolute Gasteiger partial charge is 0.462 e. The molecule has 0 fully saturated rings. The number of unbranched alkanes of at least 4 members (excludes halogenated alkanes) is 26. The van der Waals surface area contributed by atoms with Crippen LogP contribution >= 0.6 is 0 Å². The zero-order valence-corrected chi connectivity index (χ0v) is 45.4. The Morgan fingerprint density at radius 3 is 0.939 bits per heavy atom. The summed E-state index contributed by atoms with van der Waals surface area (Å²) in [7, 11) is 4.19. The summed E-state index contributed by atoms with van der Waals surface area (Å²) >= 11 is 0. The summed E-state index contributed by atoms with van der Waals surface area (Å²) < 4.78 is 18.4. The van der Waals surface area contributed by atoms with Gasteiger partial charge in [0.25, 0.3) is 0 Å². The van der Waals surface area contributed by atoms with E-state index in [4.69, 9.17) is 14.2 Å². The van der Waals surface area contributed by atoms with E-state index in [9.17, 15) is 14.4 Å². The highest BCUT2D eigenvalue weighted by atomic mass is 16.6. The minimum Gasteiger partial charge on any atom is -0.462 e. The van der Waals surface area contributed by atoms with E-state index in [2.05, 4.69) is 53.6 Å². The van der Waals surface area contributed by atoms with Crippen LogP contribution in [0.4, 0.5) is 4.79 Å². The van der Waals surface area contributed by atoms with Gasteiger partial charge in [0, 0.05) is 25.9 Å². The molecule has 0 aliphatic rings. The molecular weight excluding hydrogens is 821 g/mol. The Bertz CT molecular complexity index is 973. The normalized spacial score (nSPS) is 11.7. The molecule has 1 amide bonds. The van der Waals surface area contributed by atoms with Crippen LogP contribution in [0.1, 0.15) is 304 Å². The lowest BCUT2D eigenvalue weighted by Gasteiger charge is -2.26. The molecule has 392 valence electrons. The average Bonchev–Trinajstić information content (AvgIpc) is 3.29. The molecule has 8 heteroatoms. The van der Waals surface area contributed by atoms with Crippen molar-refractivity contribution < 1.29 is 28.6 Å². The summed E-state index contributed by atoms with van der Waals surface area (Å²) in [6.07, 6.45) is 46.2. The van der Waals surface area contributed by atoms with E-state index in [0.29, 0.717) is 12.8 Å². The van der Waals surface area contributed by atoms with E-state index >= 15 is 0 Å². The molecule has 0 saturated carbocycles. The lowest BCUT2D eigenvalue weighted by molar-refractivity contribution is -0.151. The number of ether oxygens (including phenoxy) is 3. The Kier molecular flexibility index (Phi) is 48.2. The third-order valence-corrected chi connectivity index (χ3v) is 13.5. The van der Waals surface area contributed by atoms with Gasteiger partial charge in [0.15, 0.2) is 0 Å². The first-order chi connectivity index (χ1) is 32.2. The Morgan fingerprint density at radius 2 is 0.591 bits per heavy atom. The second-order valence-corrected chi connectivity index (χ2v) is 20.5. The van der Waals surface area contributed by atoms with Crippen molar-refractivity contribution in [1.29, 1.82) is 0 Å². The SMILES string of the molecule is CCCCCCCN(CCCN(C)C)C(=O)OC(CCCCCCCCC(=O)OC(CCCCCC)CCCCCC)CCCCCCCCC(=O)OC(CCCCCC)CCCCCC. The van der Waals surface area contributed by atoms with Crippen molar-refractivity contribution in [3.63, 3.8) is 0 Å². The molecular formula is C58H114N2O6. The van der Waals surface area contributed by atoms with E-state index in [1.54, 1.807) is 0 Å². The van der Waals surface area contributed by atoms with Gasteiger partial charge in [-0.2, -0.15) is 0 Å². The van der Waals surface area contributed by atoms with Gasteiger partial charge in [-0.1, -0.05) is 189 Å². The molecule has 0 heterocycles. The van der Waals surface area contributed by atoms with Gasteiger partial charge < -0.3 is 24.0 Å². The highest BCUT2D eigenvalue weighted by Crippen LogP contribution is 2.22. The lowest BCUT2D eigenvalue weighted by atomic mass is 10.0. The number of carbonyl (C=O) groups is 3. The number of hydrogen-bond donors (Lipinski definition) is 0. The van der Waals surface area contributed by atoms with Gasteiger partial charge in [-0.3, -0.25) is 9.59 Å². The van der Waals surface area contributed by atoms with E-state index in [1.807, 2.05) is 4.90 Å². The van der Waals surface area contributed by atoms with E-state index < -0.39 is 0 Å². The fourth-order valence-corrected chi connectivity index (χ4v) is 9.16.